The molecule has 0 radical (unpaired) electrons. The van der Waals surface area contributed by atoms with Crippen molar-refractivity contribution in [2.75, 3.05) is 59.1 Å². The van der Waals surface area contributed by atoms with Crippen LogP contribution in [-0.4, -0.2) is 96.9 Å². The Labute approximate surface area is 166 Å². The molecule has 154 valence electrons. The molecule has 4 rings (SSSR count). The summed E-state index contributed by atoms with van der Waals surface area (Å²) in [7, 11) is 0. The second kappa shape index (κ2) is 9.22. The summed E-state index contributed by atoms with van der Waals surface area (Å²) < 4.78 is 11.1. The highest BCUT2D eigenvalue weighted by molar-refractivity contribution is 5.78. The van der Waals surface area contributed by atoms with E-state index in [1.54, 1.807) is 0 Å². The SMILES string of the molecule is O=C(COc1ccc(CN2C[C@H](O)[C@@H](N3CCOCC3)C2)cc1)N1CCCC1. The van der Waals surface area contributed by atoms with Gasteiger partial charge in [-0.15, -0.1) is 0 Å². The van der Waals surface area contributed by atoms with Gasteiger partial charge in [0.15, 0.2) is 6.61 Å². The van der Waals surface area contributed by atoms with Crippen LogP contribution in [0.5, 0.6) is 5.75 Å². The molecule has 3 saturated heterocycles. The molecule has 3 fully saturated rings. The fraction of sp³-hybridized carbons (Fsp3) is 0.667. The van der Waals surface area contributed by atoms with Crippen LogP contribution in [0.1, 0.15) is 18.4 Å². The molecule has 3 aliphatic rings. The lowest BCUT2D eigenvalue weighted by Crippen LogP contribution is -2.48. The molecule has 28 heavy (non-hydrogen) atoms. The molecule has 0 bridgehead atoms. The Morgan fingerprint density at radius 3 is 2.50 bits per heavy atom. The molecule has 1 amide bonds. The van der Waals surface area contributed by atoms with Crippen LogP contribution in [0, 0.1) is 0 Å². The third-order valence-corrected chi connectivity index (χ3v) is 6.00. The molecule has 0 saturated carbocycles. The fourth-order valence-electron chi connectivity index (χ4n) is 4.40. The van der Waals surface area contributed by atoms with Crippen molar-refractivity contribution in [2.24, 2.45) is 0 Å². The molecule has 7 nitrogen and oxygen atoms in total. The summed E-state index contributed by atoms with van der Waals surface area (Å²) in [5.74, 6) is 0.797. The molecular weight excluding hydrogens is 358 g/mol. The Balaban J connectivity index is 1.24. The smallest absolute Gasteiger partial charge is 0.260 e. The monoisotopic (exact) mass is 389 g/mol. The number of aliphatic hydroxyl groups excluding tert-OH is 1. The highest BCUT2D eigenvalue weighted by Gasteiger charge is 2.35. The standard InChI is InChI=1S/C21H31N3O4/c25-20-15-22(14-19(20)23-9-11-27-12-10-23)13-17-3-5-18(6-4-17)28-16-21(26)24-7-1-2-8-24/h3-6,19-20,25H,1-2,7-16H2/t19-,20-/m0/s1. The van der Waals surface area contributed by atoms with E-state index < -0.39 is 0 Å². The summed E-state index contributed by atoms with van der Waals surface area (Å²) in [6, 6.07) is 8.15. The zero-order valence-corrected chi connectivity index (χ0v) is 16.5. The van der Waals surface area contributed by atoms with Crippen LogP contribution in [0.15, 0.2) is 24.3 Å². The zero-order chi connectivity index (χ0) is 19.3. The number of nitrogens with zero attached hydrogens (tertiary/aromatic N) is 3. The predicted octanol–water partition coefficient (Wildman–Crippen LogP) is 0.565. The normalized spacial score (nSPS) is 26.7. The Morgan fingerprint density at radius 2 is 1.79 bits per heavy atom. The van der Waals surface area contributed by atoms with Gasteiger partial charge in [-0.2, -0.15) is 0 Å². The van der Waals surface area contributed by atoms with E-state index in [2.05, 4.69) is 9.80 Å². The number of hydrogen-bond acceptors (Lipinski definition) is 6. The van der Waals surface area contributed by atoms with Crippen LogP contribution in [0.2, 0.25) is 0 Å². The predicted molar refractivity (Wildman–Crippen MR) is 105 cm³/mol. The van der Waals surface area contributed by atoms with Gasteiger partial charge in [-0.05, 0) is 30.5 Å². The minimum absolute atomic E-state index is 0.0711. The summed E-state index contributed by atoms with van der Waals surface area (Å²) in [5, 5.41) is 10.5. The molecule has 0 aromatic heterocycles. The van der Waals surface area contributed by atoms with Gasteiger partial charge in [0.25, 0.3) is 5.91 Å². The second-order valence-corrected chi connectivity index (χ2v) is 8.00. The maximum atomic E-state index is 12.1. The van der Waals surface area contributed by atoms with Gasteiger partial charge in [-0.3, -0.25) is 14.6 Å². The van der Waals surface area contributed by atoms with Crippen LogP contribution in [-0.2, 0) is 16.1 Å². The first-order valence-electron chi connectivity index (χ1n) is 10.4. The van der Waals surface area contributed by atoms with Gasteiger partial charge in [-0.25, -0.2) is 0 Å². The molecule has 0 spiro atoms. The lowest BCUT2D eigenvalue weighted by atomic mass is 10.1. The van der Waals surface area contributed by atoms with E-state index in [9.17, 15) is 9.90 Å². The van der Waals surface area contributed by atoms with Crippen molar-refractivity contribution < 1.29 is 19.4 Å². The number of rotatable bonds is 6. The zero-order valence-electron chi connectivity index (χ0n) is 16.5. The summed E-state index contributed by atoms with van der Waals surface area (Å²) in [4.78, 5) is 18.6. The molecule has 0 unspecified atom stereocenters. The summed E-state index contributed by atoms with van der Waals surface area (Å²) in [5.41, 5.74) is 1.19. The summed E-state index contributed by atoms with van der Waals surface area (Å²) in [6.45, 7) is 7.52. The van der Waals surface area contributed by atoms with Crippen molar-refractivity contribution in [3.8, 4) is 5.75 Å². The number of hydrogen-bond donors (Lipinski definition) is 1. The van der Waals surface area contributed by atoms with Crippen molar-refractivity contribution in [2.45, 2.75) is 31.5 Å². The van der Waals surface area contributed by atoms with Crippen molar-refractivity contribution in [3.05, 3.63) is 29.8 Å². The highest BCUT2D eigenvalue weighted by Crippen LogP contribution is 2.21. The Morgan fingerprint density at radius 1 is 1.07 bits per heavy atom. The molecule has 2 atom stereocenters. The van der Waals surface area contributed by atoms with E-state index >= 15 is 0 Å². The van der Waals surface area contributed by atoms with Gasteiger partial charge in [0, 0.05) is 51.9 Å². The van der Waals surface area contributed by atoms with E-state index in [1.165, 1.54) is 5.56 Å². The van der Waals surface area contributed by atoms with Crippen molar-refractivity contribution in [3.63, 3.8) is 0 Å². The van der Waals surface area contributed by atoms with Gasteiger partial charge in [0.1, 0.15) is 5.75 Å². The minimum atomic E-state index is -0.308. The Kier molecular flexibility index (Phi) is 6.47. The van der Waals surface area contributed by atoms with E-state index in [0.717, 1.165) is 71.1 Å². The van der Waals surface area contributed by atoms with Crippen LogP contribution < -0.4 is 4.74 Å². The van der Waals surface area contributed by atoms with Crippen molar-refractivity contribution in [1.29, 1.82) is 0 Å². The topological polar surface area (TPSA) is 65.5 Å². The molecule has 3 aliphatic heterocycles. The van der Waals surface area contributed by atoms with Crippen LogP contribution in [0.25, 0.3) is 0 Å². The second-order valence-electron chi connectivity index (χ2n) is 8.00. The third kappa shape index (κ3) is 4.84. The average molecular weight is 389 g/mol. The van der Waals surface area contributed by atoms with Crippen LogP contribution in [0.3, 0.4) is 0 Å². The largest absolute Gasteiger partial charge is 0.484 e. The summed E-state index contributed by atoms with van der Waals surface area (Å²) in [6.07, 6.45) is 1.88. The molecule has 3 heterocycles. The van der Waals surface area contributed by atoms with Gasteiger partial charge in [0.2, 0.25) is 0 Å². The molecule has 1 N–H and O–H groups in total. The van der Waals surface area contributed by atoms with Crippen molar-refractivity contribution >= 4 is 5.91 Å². The number of likely N-dealkylation sites (tertiary alicyclic amines) is 2. The van der Waals surface area contributed by atoms with E-state index in [1.807, 2.05) is 29.2 Å². The number of ether oxygens (including phenoxy) is 2. The number of amides is 1. The van der Waals surface area contributed by atoms with Gasteiger partial charge in [0.05, 0.1) is 19.3 Å². The first-order chi connectivity index (χ1) is 13.7. The fourth-order valence-corrected chi connectivity index (χ4v) is 4.40. The first-order valence-corrected chi connectivity index (χ1v) is 10.4. The van der Waals surface area contributed by atoms with Gasteiger partial charge >= 0.3 is 0 Å². The van der Waals surface area contributed by atoms with Gasteiger partial charge in [-0.1, -0.05) is 12.1 Å². The lowest BCUT2D eigenvalue weighted by Gasteiger charge is -2.33. The Bertz CT molecular complexity index is 642. The molecule has 7 heteroatoms. The van der Waals surface area contributed by atoms with E-state index in [0.29, 0.717) is 6.54 Å². The minimum Gasteiger partial charge on any atom is -0.484 e. The number of aliphatic hydroxyl groups is 1. The third-order valence-electron chi connectivity index (χ3n) is 6.00. The lowest BCUT2D eigenvalue weighted by molar-refractivity contribution is -0.132. The number of benzene rings is 1. The average Bonchev–Trinajstić information content (AvgIpc) is 3.38. The number of morpholine rings is 1. The number of β-amino-alcohol motifs (C(OH)–C–C–N with tert-alkyl or cyclic N) is 1. The number of carbonyl (C=O) groups excluding carboxylic acids is 1. The van der Waals surface area contributed by atoms with Crippen molar-refractivity contribution in [1.82, 2.24) is 14.7 Å². The Hall–Kier alpha value is -1.67. The highest BCUT2D eigenvalue weighted by atomic mass is 16.5. The van der Waals surface area contributed by atoms with E-state index in [4.69, 9.17) is 9.47 Å². The molecular formula is C21H31N3O4. The summed E-state index contributed by atoms with van der Waals surface area (Å²) >= 11 is 0. The van der Waals surface area contributed by atoms with Crippen LogP contribution in [0.4, 0.5) is 0 Å². The molecule has 1 aromatic rings. The van der Waals surface area contributed by atoms with E-state index in [-0.39, 0.29) is 24.7 Å². The number of carbonyl (C=O) groups is 1. The quantitative estimate of drug-likeness (QED) is 0.767. The molecule has 1 aromatic carbocycles. The maximum absolute atomic E-state index is 12.1. The molecule has 0 aliphatic carbocycles. The maximum Gasteiger partial charge on any atom is 0.260 e. The first kappa shape index (κ1) is 19.6. The van der Waals surface area contributed by atoms with Gasteiger partial charge < -0.3 is 19.5 Å². The van der Waals surface area contributed by atoms with Crippen LogP contribution >= 0.6 is 0 Å².